The predicted molar refractivity (Wildman–Crippen MR) is 147 cm³/mol. The summed E-state index contributed by atoms with van der Waals surface area (Å²) >= 11 is 0. The number of hydrogen-bond acceptors (Lipinski definition) is 4. The Hall–Kier alpha value is -3.77. The van der Waals surface area contributed by atoms with Crippen LogP contribution in [-0.2, 0) is 6.42 Å². The van der Waals surface area contributed by atoms with Gasteiger partial charge in [0.15, 0.2) is 0 Å². The monoisotopic (exact) mass is 494 g/mol. The highest BCUT2D eigenvalue weighted by atomic mass is 16.2. The number of aromatic nitrogens is 2. The summed E-state index contributed by atoms with van der Waals surface area (Å²) in [7, 11) is 0. The molecule has 2 unspecified atom stereocenters. The third-order valence-electron chi connectivity index (χ3n) is 7.34. The standard InChI is InChI=1S/C31H34N4O2/c1-3-27(35(21-24-16-17-32-20-24)30(36)25-14-12-22(2)13-15-25)29-26(19-23-9-5-4-6-10-23)31(37)34-18-8-7-11-28(34)33-29/h4-15,18,24,27,32H,3,16-17,19-21H2,1-2H3. The molecule has 4 aromatic rings. The number of carbonyl (C=O) groups is 1. The van der Waals surface area contributed by atoms with Crippen molar-refractivity contribution in [3.8, 4) is 0 Å². The lowest BCUT2D eigenvalue weighted by Crippen LogP contribution is -2.40. The van der Waals surface area contributed by atoms with Crippen LogP contribution in [0, 0.1) is 12.8 Å². The van der Waals surface area contributed by atoms with Crippen LogP contribution in [0.3, 0.4) is 0 Å². The summed E-state index contributed by atoms with van der Waals surface area (Å²) in [6.07, 6.45) is 3.92. The Morgan fingerprint density at radius 2 is 1.84 bits per heavy atom. The maximum Gasteiger partial charge on any atom is 0.261 e. The van der Waals surface area contributed by atoms with E-state index in [-0.39, 0.29) is 17.5 Å². The van der Waals surface area contributed by atoms with E-state index in [1.54, 1.807) is 10.6 Å². The number of rotatable bonds is 8. The quantitative estimate of drug-likeness (QED) is 0.382. The molecule has 3 heterocycles. The van der Waals surface area contributed by atoms with E-state index in [2.05, 4.69) is 12.2 Å². The average molecular weight is 495 g/mol. The third-order valence-corrected chi connectivity index (χ3v) is 7.34. The van der Waals surface area contributed by atoms with E-state index >= 15 is 0 Å². The summed E-state index contributed by atoms with van der Waals surface area (Å²) in [5.41, 5.74) is 4.70. The van der Waals surface area contributed by atoms with Crippen molar-refractivity contribution in [2.24, 2.45) is 5.92 Å². The molecule has 0 radical (unpaired) electrons. The molecule has 2 aromatic carbocycles. The van der Waals surface area contributed by atoms with Crippen LogP contribution < -0.4 is 10.9 Å². The van der Waals surface area contributed by atoms with Crippen molar-refractivity contribution < 1.29 is 4.79 Å². The van der Waals surface area contributed by atoms with Crippen LogP contribution in [0.4, 0.5) is 0 Å². The van der Waals surface area contributed by atoms with Gasteiger partial charge in [-0.25, -0.2) is 4.98 Å². The van der Waals surface area contributed by atoms with Crippen molar-refractivity contribution in [1.29, 1.82) is 0 Å². The minimum absolute atomic E-state index is 0.0144. The van der Waals surface area contributed by atoms with Gasteiger partial charge in [0.25, 0.3) is 11.5 Å². The number of aryl methyl sites for hydroxylation is 1. The minimum atomic E-state index is -0.314. The van der Waals surface area contributed by atoms with Crippen molar-refractivity contribution >= 4 is 11.6 Å². The molecular formula is C31H34N4O2. The fourth-order valence-electron chi connectivity index (χ4n) is 5.31. The van der Waals surface area contributed by atoms with Gasteiger partial charge in [-0.05, 0) is 68.6 Å². The molecule has 0 bridgehead atoms. The zero-order chi connectivity index (χ0) is 25.8. The van der Waals surface area contributed by atoms with Crippen LogP contribution in [-0.4, -0.2) is 39.8 Å². The molecule has 0 aliphatic carbocycles. The van der Waals surface area contributed by atoms with Crippen molar-refractivity contribution in [3.63, 3.8) is 0 Å². The van der Waals surface area contributed by atoms with Crippen molar-refractivity contribution in [2.45, 2.75) is 39.2 Å². The zero-order valence-electron chi connectivity index (χ0n) is 21.6. The van der Waals surface area contributed by atoms with Crippen LogP contribution in [0.1, 0.15) is 58.5 Å². The van der Waals surface area contributed by atoms with Gasteiger partial charge in [-0.3, -0.25) is 14.0 Å². The third kappa shape index (κ3) is 5.35. The van der Waals surface area contributed by atoms with Gasteiger partial charge in [-0.15, -0.1) is 0 Å². The molecule has 2 atom stereocenters. The van der Waals surface area contributed by atoms with Crippen LogP contribution in [0.25, 0.3) is 5.65 Å². The molecule has 1 aliphatic heterocycles. The molecule has 6 heteroatoms. The second kappa shape index (κ2) is 11.1. The first kappa shape index (κ1) is 24.9. The van der Waals surface area contributed by atoms with E-state index in [4.69, 9.17) is 4.98 Å². The van der Waals surface area contributed by atoms with Crippen LogP contribution in [0.2, 0.25) is 0 Å². The zero-order valence-corrected chi connectivity index (χ0v) is 21.6. The summed E-state index contributed by atoms with van der Waals surface area (Å²) in [6.45, 7) is 6.57. The summed E-state index contributed by atoms with van der Waals surface area (Å²) < 4.78 is 1.61. The Balaban J connectivity index is 1.64. The average Bonchev–Trinajstić information content (AvgIpc) is 3.44. The first-order valence-electron chi connectivity index (χ1n) is 13.2. The highest BCUT2D eigenvalue weighted by Gasteiger charge is 2.32. The maximum atomic E-state index is 14.0. The topological polar surface area (TPSA) is 66.7 Å². The lowest BCUT2D eigenvalue weighted by atomic mass is 9.96. The van der Waals surface area contributed by atoms with E-state index in [9.17, 15) is 9.59 Å². The highest BCUT2D eigenvalue weighted by Crippen LogP contribution is 2.30. The Kier molecular flexibility index (Phi) is 7.47. The molecule has 5 rings (SSSR count). The molecule has 190 valence electrons. The number of nitrogens with one attached hydrogen (secondary N) is 1. The summed E-state index contributed by atoms with van der Waals surface area (Å²) in [5, 5.41) is 3.43. The Morgan fingerprint density at radius 3 is 2.54 bits per heavy atom. The molecule has 1 saturated heterocycles. The maximum absolute atomic E-state index is 14.0. The molecule has 1 aliphatic rings. The molecule has 6 nitrogen and oxygen atoms in total. The van der Waals surface area contributed by atoms with Crippen molar-refractivity contribution in [3.05, 3.63) is 117 Å². The summed E-state index contributed by atoms with van der Waals surface area (Å²) in [6, 6.07) is 23.0. The Bertz CT molecular complexity index is 1420. The lowest BCUT2D eigenvalue weighted by molar-refractivity contribution is 0.0632. The van der Waals surface area contributed by atoms with Gasteiger partial charge in [0.1, 0.15) is 5.65 Å². The van der Waals surface area contributed by atoms with E-state index in [1.807, 2.05) is 84.6 Å². The van der Waals surface area contributed by atoms with Crippen molar-refractivity contribution in [2.75, 3.05) is 19.6 Å². The molecule has 1 fully saturated rings. The molecule has 0 spiro atoms. The number of hydrogen-bond donors (Lipinski definition) is 1. The van der Waals surface area contributed by atoms with Crippen LogP contribution >= 0.6 is 0 Å². The molecule has 0 saturated carbocycles. The van der Waals surface area contributed by atoms with Gasteiger partial charge in [-0.2, -0.15) is 0 Å². The van der Waals surface area contributed by atoms with Gasteiger partial charge in [0.2, 0.25) is 0 Å². The summed E-state index contributed by atoms with van der Waals surface area (Å²) in [5.74, 6) is 0.349. The lowest BCUT2D eigenvalue weighted by Gasteiger charge is -2.34. The van der Waals surface area contributed by atoms with Gasteiger partial charge >= 0.3 is 0 Å². The van der Waals surface area contributed by atoms with Gasteiger partial charge in [0.05, 0.1) is 11.7 Å². The van der Waals surface area contributed by atoms with E-state index in [1.165, 1.54) is 0 Å². The minimum Gasteiger partial charge on any atom is -0.330 e. The largest absolute Gasteiger partial charge is 0.330 e. The number of pyridine rings is 1. The fourth-order valence-corrected chi connectivity index (χ4v) is 5.31. The molecule has 1 amide bonds. The molecule has 2 aromatic heterocycles. The predicted octanol–water partition coefficient (Wildman–Crippen LogP) is 4.80. The Morgan fingerprint density at radius 1 is 1.08 bits per heavy atom. The van der Waals surface area contributed by atoms with Gasteiger partial charge in [0, 0.05) is 30.3 Å². The normalized spacial score (nSPS) is 16.1. The first-order chi connectivity index (χ1) is 18.0. The Labute approximate surface area is 218 Å². The highest BCUT2D eigenvalue weighted by molar-refractivity contribution is 5.94. The van der Waals surface area contributed by atoms with E-state index in [0.29, 0.717) is 47.8 Å². The molecular weight excluding hydrogens is 460 g/mol. The first-order valence-corrected chi connectivity index (χ1v) is 13.2. The fraction of sp³-hybridized carbons (Fsp3) is 0.323. The van der Waals surface area contributed by atoms with Crippen molar-refractivity contribution in [1.82, 2.24) is 19.6 Å². The molecule has 37 heavy (non-hydrogen) atoms. The number of fused-ring (bicyclic) bond motifs is 1. The smallest absolute Gasteiger partial charge is 0.261 e. The SMILES string of the molecule is CCC(c1nc2ccccn2c(=O)c1Cc1ccccc1)N(CC1CCNC1)C(=O)c1ccc(C)cc1. The van der Waals surface area contributed by atoms with Crippen LogP contribution in [0.15, 0.2) is 83.8 Å². The summed E-state index contributed by atoms with van der Waals surface area (Å²) in [4.78, 5) is 34.9. The molecule has 1 N–H and O–H groups in total. The van der Waals surface area contributed by atoms with E-state index < -0.39 is 0 Å². The van der Waals surface area contributed by atoms with Gasteiger partial charge < -0.3 is 10.2 Å². The number of carbonyl (C=O) groups excluding carboxylic acids is 1. The number of amides is 1. The van der Waals surface area contributed by atoms with Gasteiger partial charge in [-0.1, -0.05) is 61.0 Å². The second-order valence-electron chi connectivity index (χ2n) is 9.98. The number of nitrogens with zero attached hydrogens (tertiary/aromatic N) is 3. The second-order valence-corrected chi connectivity index (χ2v) is 9.98. The van der Waals surface area contributed by atoms with Crippen LogP contribution in [0.5, 0.6) is 0 Å². The van der Waals surface area contributed by atoms with E-state index in [0.717, 1.165) is 30.6 Å². The number of benzene rings is 2.